The second-order valence-electron chi connectivity index (χ2n) is 1.95. The lowest BCUT2D eigenvalue weighted by Crippen LogP contribution is -2.12. The number of rotatable bonds is 1. The minimum Gasteiger partial charge on any atom is -0.386 e. The fourth-order valence-electron chi connectivity index (χ4n) is 0.154. The van der Waals surface area contributed by atoms with Crippen molar-refractivity contribution in [3.63, 3.8) is 0 Å². The maximum atomic E-state index is 8.85. The normalized spacial score (nSPS) is 13.1. The molecule has 0 radical (unpaired) electrons. The molecule has 0 aliphatic heterocycles. The molecule has 0 atom stereocenters. The zero-order valence-corrected chi connectivity index (χ0v) is 5.24. The molecule has 1 nitrogen and oxygen atoms in total. The number of hydrogen-bond donors (Lipinski definition) is 1. The summed E-state index contributed by atoms with van der Waals surface area (Å²) in [6, 6.07) is 0. The van der Waals surface area contributed by atoms with E-state index >= 15 is 0 Å². The van der Waals surface area contributed by atoms with Crippen LogP contribution in [0.5, 0.6) is 0 Å². The SMILES string of the molecule is CC(C)(O)C=CCl. The molecule has 1 N–H and O–H groups in total. The van der Waals surface area contributed by atoms with Gasteiger partial charge in [0.05, 0.1) is 5.60 Å². The largest absolute Gasteiger partial charge is 0.386 e. The summed E-state index contributed by atoms with van der Waals surface area (Å²) >= 11 is 5.15. The molecule has 42 valence electrons. The summed E-state index contributed by atoms with van der Waals surface area (Å²) in [6.07, 6.45) is 1.51. The molecule has 0 aromatic carbocycles. The quantitative estimate of drug-likeness (QED) is 0.556. The molecule has 0 amide bonds. The van der Waals surface area contributed by atoms with E-state index in [-0.39, 0.29) is 0 Å². The van der Waals surface area contributed by atoms with Gasteiger partial charge in [0.15, 0.2) is 0 Å². The van der Waals surface area contributed by atoms with Gasteiger partial charge in [-0.15, -0.1) is 0 Å². The third-order valence-corrected chi connectivity index (χ3v) is 0.597. The van der Waals surface area contributed by atoms with Crippen molar-refractivity contribution in [2.24, 2.45) is 0 Å². The van der Waals surface area contributed by atoms with Crippen molar-refractivity contribution in [1.82, 2.24) is 0 Å². The molecule has 0 saturated carbocycles. The Bertz CT molecular complexity index is 70.6. The average molecular weight is 121 g/mol. The minimum absolute atomic E-state index is 0.762. The van der Waals surface area contributed by atoms with E-state index in [9.17, 15) is 0 Å². The van der Waals surface area contributed by atoms with Crippen LogP contribution in [-0.2, 0) is 0 Å². The van der Waals surface area contributed by atoms with Crippen molar-refractivity contribution in [3.05, 3.63) is 11.6 Å². The Kier molecular flexibility index (Phi) is 2.33. The Balaban J connectivity index is 3.56. The van der Waals surface area contributed by atoms with E-state index in [1.165, 1.54) is 11.6 Å². The van der Waals surface area contributed by atoms with Gasteiger partial charge in [-0.3, -0.25) is 0 Å². The molecule has 0 aromatic rings. The predicted molar refractivity (Wildman–Crippen MR) is 31.3 cm³/mol. The lowest BCUT2D eigenvalue weighted by Gasteiger charge is -2.07. The first-order chi connectivity index (χ1) is 3.06. The monoisotopic (exact) mass is 120 g/mol. The van der Waals surface area contributed by atoms with Crippen LogP contribution in [0.4, 0.5) is 0 Å². The van der Waals surface area contributed by atoms with Crippen molar-refractivity contribution in [2.75, 3.05) is 0 Å². The highest BCUT2D eigenvalue weighted by atomic mass is 35.5. The Labute approximate surface area is 48.6 Å². The molecule has 0 aliphatic rings. The second-order valence-corrected chi connectivity index (χ2v) is 2.20. The summed E-state index contributed by atoms with van der Waals surface area (Å²) in [5.74, 6) is 0. The van der Waals surface area contributed by atoms with E-state index in [0.29, 0.717) is 0 Å². The molecule has 0 fully saturated rings. The van der Waals surface area contributed by atoms with Gasteiger partial charge in [0, 0.05) is 5.54 Å². The smallest absolute Gasteiger partial charge is 0.0783 e. The summed E-state index contributed by atoms with van der Waals surface area (Å²) in [5.41, 5.74) is 0.543. The van der Waals surface area contributed by atoms with E-state index in [0.717, 1.165) is 0 Å². The third kappa shape index (κ3) is 5.99. The Morgan fingerprint density at radius 2 is 2.00 bits per heavy atom. The van der Waals surface area contributed by atoms with Gasteiger partial charge in [-0.2, -0.15) is 0 Å². The van der Waals surface area contributed by atoms with Gasteiger partial charge < -0.3 is 5.11 Å². The van der Waals surface area contributed by atoms with Gasteiger partial charge in [0.2, 0.25) is 0 Å². The van der Waals surface area contributed by atoms with Crippen molar-refractivity contribution in [3.8, 4) is 0 Å². The molecule has 0 aromatic heterocycles. The van der Waals surface area contributed by atoms with E-state index in [1.807, 2.05) is 0 Å². The van der Waals surface area contributed by atoms with Crippen LogP contribution in [0.1, 0.15) is 13.8 Å². The molecule has 0 spiro atoms. The maximum Gasteiger partial charge on any atom is 0.0783 e. The molecule has 7 heavy (non-hydrogen) atoms. The molecule has 0 saturated heterocycles. The molecular weight excluding hydrogens is 112 g/mol. The maximum absolute atomic E-state index is 8.85. The summed E-state index contributed by atoms with van der Waals surface area (Å²) in [5, 5.41) is 8.85. The molecule has 0 bridgehead atoms. The fourth-order valence-corrected chi connectivity index (χ4v) is 0.462. The Morgan fingerprint density at radius 3 is 2.00 bits per heavy atom. The van der Waals surface area contributed by atoms with Gasteiger partial charge >= 0.3 is 0 Å². The molecular formula is C5H9ClO. The first-order valence-corrected chi connectivity index (χ1v) is 2.50. The molecule has 0 rings (SSSR count). The van der Waals surface area contributed by atoms with E-state index in [4.69, 9.17) is 16.7 Å². The summed E-state index contributed by atoms with van der Waals surface area (Å²) in [4.78, 5) is 0. The lowest BCUT2D eigenvalue weighted by molar-refractivity contribution is 0.133. The highest BCUT2D eigenvalue weighted by molar-refractivity contribution is 6.25. The van der Waals surface area contributed by atoms with Gasteiger partial charge in [0.25, 0.3) is 0 Å². The van der Waals surface area contributed by atoms with Crippen LogP contribution in [0, 0.1) is 0 Å². The highest BCUT2D eigenvalue weighted by Crippen LogP contribution is 2.02. The van der Waals surface area contributed by atoms with Gasteiger partial charge in [-0.05, 0) is 19.9 Å². The Hall–Kier alpha value is -0.0100. The third-order valence-electron chi connectivity index (χ3n) is 0.471. The number of halogens is 1. The van der Waals surface area contributed by atoms with Gasteiger partial charge in [0.1, 0.15) is 0 Å². The standard InChI is InChI=1S/C5H9ClO/c1-5(2,7)3-4-6/h3-4,7H,1-2H3. The van der Waals surface area contributed by atoms with Crippen molar-refractivity contribution in [2.45, 2.75) is 19.4 Å². The van der Waals surface area contributed by atoms with Crippen LogP contribution >= 0.6 is 11.6 Å². The molecule has 0 unspecified atom stereocenters. The minimum atomic E-state index is -0.762. The van der Waals surface area contributed by atoms with E-state index in [2.05, 4.69) is 0 Å². The van der Waals surface area contributed by atoms with Crippen molar-refractivity contribution < 1.29 is 5.11 Å². The van der Waals surface area contributed by atoms with Crippen LogP contribution < -0.4 is 0 Å². The van der Waals surface area contributed by atoms with Crippen LogP contribution in [0.15, 0.2) is 11.6 Å². The van der Waals surface area contributed by atoms with Crippen LogP contribution in [0.25, 0.3) is 0 Å². The predicted octanol–water partition coefficient (Wildman–Crippen LogP) is 1.51. The number of aliphatic hydroxyl groups is 1. The number of hydrogen-bond acceptors (Lipinski definition) is 1. The van der Waals surface area contributed by atoms with Crippen LogP contribution in [0.3, 0.4) is 0 Å². The molecule has 0 heterocycles. The summed E-state index contributed by atoms with van der Waals surface area (Å²) < 4.78 is 0. The van der Waals surface area contributed by atoms with Gasteiger partial charge in [-0.1, -0.05) is 11.6 Å². The van der Waals surface area contributed by atoms with E-state index < -0.39 is 5.60 Å². The first kappa shape index (κ1) is 6.99. The fraction of sp³-hybridized carbons (Fsp3) is 0.600. The van der Waals surface area contributed by atoms with E-state index in [1.54, 1.807) is 13.8 Å². The van der Waals surface area contributed by atoms with Crippen LogP contribution in [-0.4, -0.2) is 10.7 Å². The van der Waals surface area contributed by atoms with Crippen molar-refractivity contribution >= 4 is 11.6 Å². The zero-order chi connectivity index (χ0) is 5.91. The summed E-state index contributed by atoms with van der Waals surface area (Å²) in [6.45, 7) is 3.32. The van der Waals surface area contributed by atoms with Crippen molar-refractivity contribution in [1.29, 1.82) is 0 Å². The lowest BCUT2D eigenvalue weighted by atomic mass is 10.1. The average Bonchev–Trinajstić information content (AvgIpc) is 1.30. The second kappa shape index (κ2) is 2.34. The highest BCUT2D eigenvalue weighted by Gasteiger charge is 2.03. The van der Waals surface area contributed by atoms with Crippen LogP contribution in [0.2, 0.25) is 0 Å². The first-order valence-electron chi connectivity index (χ1n) is 2.06. The topological polar surface area (TPSA) is 20.2 Å². The molecule has 0 aliphatic carbocycles. The zero-order valence-electron chi connectivity index (χ0n) is 4.48. The molecule has 2 heteroatoms. The van der Waals surface area contributed by atoms with Gasteiger partial charge in [-0.25, -0.2) is 0 Å². The summed E-state index contributed by atoms with van der Waals surface area (Å²) in [7, 11) is 0. The Morgan fingerprint density at radius 1 is 1.57 bits per heavy atom.